The lowest BCUT2D eigenvalue weighted by atomic mass is 10.0. The van der Waals surface area contributed by atoms with E-state index in [0.717, 1.165) is 32.1 Å². The lowest BCUT2D eigenvalue weighted by molar-refractivity contribution is -0.124. The van der Waals surface area contributed by atoms with E-state index in [1.54, 1.807) is 6.08 Å². The zero-order valence-corrected chi connectivity index (χ0v) is 32.8. The standard InChI is InChI=1S/C44H85NO4/c1-3-5-7-9-11-13-15-17-19-20-21-22-24-25-27-29-31-33-35-37-41(47)39-44(49)45-42(40-46)43(48)38-36-34-32-30-28-26-23-18-16-14-12-10-8-6-4-2/h28,30,36,38,41-43,46-48H,3-27,29,31-35,37,39-40H2,1-2H3,(H,45,49)/b30-28+,38-36+. The van der Waals surface area contributed by atoms with Crippen molar-refractivity contribution in [2.45, 2.75) is 244 Å². The minimum atomic E-state index is -0.947. The van der Waals surface area contributed by atoms with E-state index in [9.17, 15) is 20.1 Å². The fourth-order valence-corrected chi connectivity index (χ4v) is 6.65. The molecule has 0 saturated heterocycles. The molecule has 49 heavy (non-hydrogen) atoms. The molecule has 0 aromatic carbocycles. The summed E-state index contributed by atoms with van der Waals surface area (Å²) in [7, 11) is 0. The molecule has 0 radical (unpaired) electrons. The van der Waals surface area contributed by atoms with Crippen molar-refractivity contribution in [3.63, 3.8) is 0 Å². The molecule has 0 fully saturated rings. The monoisotopic (exact) mass is 692 g/mol. The average Bonchev–Trinajstić information content (AvgIpc) is 3.09. The van der Waals surface area contributed by atoms with Gasteiger partial charge in [0.15, 0.2) is 0 Å². The third-order valence-corrected chi connectivity index (χ3v) is 9.99. The van der Waals surface area contributed by atoms with E-state index in [4.69, 9.17) is 0 Å². The summed E-state index contributed by atoms with van der Waals surface area (Å²) in [6, 6.07) is -0.756. The summed E-state index contributed by atoms with van der Waals surface area (Å²) in [6.45, 7) is 4.20. The fourth-order valence-electron chi connectivity index (χ4n) is 6.65. The molecule has 5 nitrogen and oxygen atoms in total. The first-order chi connectivity index (χ1) is 24.0. The minimum Gasteiger partial charge on any atom is -0.394 e. The molecule has 1 amide bonds. The summed E-state index contributed by atoms with van der Waals surface area (Å²) >= 11 is 0. The van der Waals surface area contributed by atoms with E-state index in [1.165, 1.54) is 167 Å². The maximum absolute atomic E-state index is 12.4. The van der Waals surface area contributed by atoms with Crippen molar-refractivity contribution in [1.29, 1.82) is 0 Å². The number of amides is 1. The Morgan fingerprint density at radius 1 is 0.510 bits per heavy atom. The molecule has 0 aliphatic rings. The second-order valence-corrected chi connectivity index (χ2v) is 15.0. The van der Waals surface area contributed by atoms with Gasteiger partial charge in [-0.05, 0) is 32.1 Å². The Kier molecular flexibility index (Phi) is 38.7. The number of unbranched alkanes of at least 4 members (excludes halogenated alkanes) is 28. The molecule has 3 unspecified atom stereocenters. The van der Waals surface area contributed by atoms with Gasteiger partial charge in [-0.15, -0.1) is 0 Å². The molecule has 0 rings (SSSR count). The summed E-state index contributed by atoms with van der Waals surface area (Å²) in [6.07, 6.45) is 47.5. The third kappa shape index (κ3) is 36.4. The zero-order valence-electron chi connectivity index (χ0n) is 32.8. The Balaban J connectivity index is 3.67. The molecule has 290 valence electrons. The second-order valence-electron chi connectivity index (χ2n) is 15.0. The quantitative estimate of drug-likeness (QED) is 0.0381. The van der Waals surface area contributed by atoms with Crippen LogP contribution in [0.4, 0.5) is 0 Å². The van der Waals surface area contributed by atoms with Crippen LogP contribution in [0.25, 0.3) is 0 Å². The SMILES string of the molecule is CCCCCCCCCCC/C=C/CC/C=C/C(O)C(CO)NC(=O)CC(O)CCCCCCCCCCCCCCCCCCCCC. The van der Waals surface area contributed by atoms with E-state index in [2.05, 4.69) is 31.3 Å². The van der Waals surface area contributed by atoms with Gasteiger partial charge in [-0.2, -0.15) is 0 Å². The lowest BCUT2D eigenvalue weighted by Gasteiger charge is -2.21. The molecule has 0 aliphatic carbocycles. The number of hydrogen-bond donors (Lipinski definition) is 4. The van der Waals surface area contributed by atoms with Crippen LogP contribution in [0.2, 0.25) is 0 Å². The van der Waals surface area contributed by atoms with Gasteiger partial charge >= 0.3 is 0 Å². The molecule has 0 saturated carbocycles. The molecule has 3 atom stereocenters. The minimum absolute atomic E-state index is 0.00966. The highest BCUT2D eigenvalue weighted by Gasteiger charge is 2.20. The van der Waals surface area contributed by atoms with Gasteiger partial charge in [-0.3, -0.25) is 4.79 Å². The third-order valence-electron chi connectivity index (χ3n) is 9.99. The number of carbonyl (C=O) groups is 1. The lowest BCUT2D eigenvalue weighted by Crippen LogP contribution is -2.45. The summed E-state index contributed by atoms with van der Waals surface area (Å²) in [5.74, 6) is -0.323. The number of nitrogens with one attached hydrogen (secondary N) is 1. The van der Waals surface area contributed by atoms with Gasteiger partial charge in [-0.1, -0.05) is 212 Å². The number of hydrogen-bond acceptors (Lipinski definition) is 4. The molecule has 0 aromatic heterocycles. The van der Waals surface area contributed by atoms with Crippen LogP contribution in [0, 0.1) is 0 Å². The van der Waals surface area contributed by atoms with Gasteiger partial charge in [0.05, 0.1) is 31.3 Å². The fraction of sp³-hybridized carbons (Fsp3) is 0.886. The molecule has 4 N–H and O–H groups in total. The van der Waals surface area contributed by atoms with Crippen molar-refractivity contribution < 1.29 is 20.1 Å². The Bertz CT molecular complexity index is 724. The normalized spacial score (nSPS) is 13.8. The highest BCUT2D eigenvalue weighted by molar-refractivity contribution is 5.76. The summed E-state index contributed by atoms with van der Waals surface area (Å²) in [5, 5.41) is 33.2. The molecule has 0 aromatic rings. The first-order valence-electron chi connectivity index (χ1n) is 21.6. The summed E-state index contributed by atoms with van der Waals surface area (Å²) in [4.78, 5) is 12.4. The van der Waals surface area contributed by atoms with Crippen LogP contribution in [0.3, 0.4) is 0 Å². The van der Waals surface area contributed by atoms with E-state index in [1.807, 2.05) is 6.08 Å². The van der Waals surface area contributed by atoms with Crippen molar-refractivity contribution in [2.75, 3.05) is 6.61 Å². The van der Waals surface area contributed by atoms with Gasteiger partial charge < -0.3 is 20.6 Å². The van der Waals surface area contributed by atoms with E-state index in [0.29, 0.717) is 6.42 Å². The predicted molar refractivity (Wildman–Crippen MR) is 213 cm³/mol. The van der Waals surface area contributed by atoms with Gasteiger partial charge in [-0.25, -0.2) is 0 Å². The molecule has 0 spiro atoms. The number of carbonyl (C=O) groups excluding carboxylic acids is 1. The van der Waals surface area contributed by atoms with Crippen molar-refractivity contribution in [3.05, 3.63) is 24.3 Å². The van der Waals surface area contributed by atoms with Crippen LogP contribution >= 0.6 is 0 Å². The number of aliphatic hydroxyl groups excluding tert-OH is 3. The van der Waals surface area contributed by atoms with Crippen LogP contribution in [-0.2, 0) is 4.79 Å². The van der Waals surface area contributed by atoms with E-state index < -0.39 is 18.2 Å². The van der Waals surface area contributed by atoms with Crippen LogP contribution in [0.1, 0.15) is 226 Å². The largest absolute Gasteiger partial charge is 0.394 e. The Morgan fingerprint density at radius 3 is 1.31 bits per heavy atom. The van der Waals surface area contributed by atoms with Crippen LogP contribution in [0.15, 0.2) is 24.3 Å². The first kappa shape index (κ1) is 47.8. The maximum atomic E-state index is 12.4. The summed E-state index contributed by atoms with van der Waals surface area (Å²) < 4.78 is 0. The van der Waals surface area contributed by atoms with Crippen molar-refractivity contribution in [3.8, 4) is 0 Å². The maximum Gasteiger partial charge on any atom is 0.222 e. The Labute approximate surface area is 305 Å². The van der Waals surface area contributed by atoms with Crippen LogP contribution < -0.4 is 5.32 Å². The van der Waals surface area contributed by atoms with E-state index >= 15 is 0 Å². The second kappa shape index (κ2) is 39.6. The highest BCUT2D eigenvalue weighted by atomic mass is 16.3. The van der Waals surface area contributed by atoms with Gasteiger partial charge in [0.25, 0.3) is 0 Å². The predicted octanol–water partition coefficient (Wildman–Crippen LogP) is 12.2. The van der Waals surface area contributed by atoms with Crippen molar-refractivity contribution in [1.82, 2.24) is 5.32 Å². The van der Waals surface area contributed by atoms with E-state index in [-0.39, 0.29) is 18.9 Å². The zero-order chi connectivity index (χ0) is 35.9. The van der Waals surface area contributed by atoms with Gasteiger partial charge in [0, 0.05) is 0 Å². The molecule has 5 heteroatoms. The van der Waals surface area contributed by atoms with Gasteiger partial charge in [0.1, 0.15) is 0 Å². The Hall–Kier alpha value is -1.17. The number of allylic oxidation sites excluding steroid dienone is 3. The molecule has 0 aliphatic heterocycles. The Morgan fingerprint density at radius 2 is 0.878 bits per heavy atom. The number of aliphatic hydroxyl groups is 3. The molecular formula is C44H85NO4. The average molecular weight is 692 g/mol. The first-order valence-corrected chi connectivity index (χ1v) is 21.6. The molecule has 0 heterocycles. The smallest absolute Gasteiger partial charge is 0.222 e. The van der Waals surface area contributed by atoms with Crippen LogP contribution in [0.5, 0.6) is 0 Å². The highest BCUT2D eigenvalue weighted by Crippen LogP contribution is 2.16. The number of rotatable bonds is 39. The molecular weight excluding hydrogens is 606 g/mol. The van der Waals surface area contributed by atoms with Crippen LogP contribution in [-0.4, -0.2) is 46.1 Å². The van der Waals surface area contributed by atoms with Gasteiger partial charge in [0.2, 0.25) is 5.91 Å². The topological polar surface area (TPSA) is 89.8 Å². The van der Waals surface area contributed by atoms with Crippen molar-refractivity contribution >= 4 is 5.91 Å². The van der Waals surface area contributed by atoms with Crippen molar-refractivity contribution in [2.24, 2.45) is 0 Å². The summed E-state index contributed by atoms with van der Waals surface area (Å²) in [5.41, 5.74) is 0. The molecule has 0 bridgehead atoms.